The van der Waals surface area contributed by atoms with Crippen LogP contribution in [0.4, 0.5) is 5.69 Å². The van der Waals surface area contributed by atoms with E-state index >= 15 is 0 Å². The van der Waals surface area contributed by atoms with Crippen molar-refractivity contribution in [2.24, 2.45) is 0 Å². The Morgan fingerprint density at radius 3 is 2.60 bits per heavy atom. The van der Waals surface area contributed by atoms with E-state index in [-0.39, 0.29) is 6.61 Å². The number of hydrogen-bond donors (Lipinski definition) is 1. The highest BCUT2D eigenvalue weighted by atomic mass is 35.5. The van der Waals surface area contributed by atoms with E-state index in [4.69, 9.17) is 38.1 Å². The summed E-state index contributed by atoms with van der Waals surface area (Å²) in [5.41, 5.74) is 7.66. The van der Waals surface area contributed by atoms with Gasteiger partial charge in [-0.3, -0.25) is 0 Å². The summed E-state index contributed by atoms with van der Waals surface area (Å²) >= 11 is 11.8. The normalized spacial score (nSPS) is 10.9. The molecule has 102 valence electrons. The number of nitrogens with zero attached hydrogens (tertiary/aromatic N) is 1. The number of nitrogens with two attached hydrogens (primary N) is 1. The van der Waals surface area contributed by atoms with Gasteiger partial charge < -0.3 is 14.9 Å². The second-order valence-electron chi connectivity index (χ2n) is 4.20. The van der Waals surface area contributed by atoms with E-state index in [2.05, 4.69) is 4.98 Å². The van der Waals surface area contributed by atoms with E-state index in [1.165, 1.54) is 0 Å². The molecule has 0 saturated carbocycles. The Balaban J connectivity index is 1.81. The molecular formula is C14H10Cl2N2O2. The van der Waals surface area contributed by atoms with Crippen molar-refractivity contribution in [3.63, 3.8) is 0 Å². The smallest absolute Gasteiger partial charge is 0.233 e. The molecule has 2 N–H and O–H groups in total. The van der Waals surface area contributed by atoms with Gasteiger partial charge in [0.2, 0.25) is 5.89 Å². The molecular weight excluding hydrogens is 299 g/mol. The predicted octanol–water partition coefficient (Wildman–Crippen LogP) is 4.30. The fourth-order valence-electron chi connectivity index (χ4n) is 1.83. The highest BCUT2D eigenvalue weighted by Gasteiger charge is 2.09. The first-order valence-corrected chi connectivity index (χ1v) is 6.60. The largest absolute Gasteiger partial charge is 0.484 e. The molecule has 0 unspecified atom stereocenters. The van der Waals surface area contributed by atoms with Crippen molar-refractivity contribution in [3.8, 4) is 5.75 Å². The second-order valence-corrected chi connectivity index (χ2v) is 5.07. The third kappa shape index (κ3) is 2.66. The predicted molar refractivity (Wildman–Crippen MR) is 79.2 cm³/mol. The van der Waals surface area contributed by atoms with Gasteiger partial charge in [0.05, 0.1) is 5.69 Å². The molecule has 1 heterocycles. The van der Waals surface area contributed by atoms with Crippen molar-refractivity contribution in [2.75, 3.05) is 5.73 Å². The van der Waals surface area contributed by atoms with E-state index in [0.717, 1.165) is 0 Å². The first kappa shape index (κ1) is 13.1. The van der Waals surface area contributed by atoms with Crippen LogP contribution in [0.15, 0.2) is 40.8 Å². The minimum Gasteiger partial charge on any atom is -0.484 e. The molecule has 0 atom stereocenters. The lowest BCUT2D eigenvalue weighted by atomic mass is 10.3. The number of anilines is 1. The van der Waals surface area contributed by atoms with E-state index in [9.17, 15) is 0 Å². The van der Waals surface area contributed by atoms with Gasteiger partial charge in [-0.25, -0.2) is 4.98 Å². The Morgan fingerprint density at radius 1 is 1.15 bits per heavy atom. The third-order valence-electron chi connectivity index (χ3n) is 2.69. The number of benzene rings is 2. The summed E-state index contributed by atoms with van der Waals surface area (Å²) in [4.78, 5) is 4.29. The lowest BCUT2D eigenvalue weighted by molar-refractivity contribution is 0.267. The minimum atomic E-state index is 0.171. The van der Waals surface area contributed by atoms with Gasteiger partial charge in [-0.05, 0) is 30.3 Å². The van der Waals surface area contributed by atoms with Crippen LogP contribution in [-0.4, -0.2) is 4.98 Å². The average molecular weight is 309 g/mol. The molecule has 0 aliphatic rings. The topological polar surface area (TPSA) is 61.3 Å². The number of ether oxygens (including phenoxy) is 1. The van der Waals surface area contributed by atoms with Gasteiger partial charge in [0.15, 0.2) is 12.2 Å². The second kappa shape index (κ2) is 5.23. The highest BCUT2D eigenvalue weighted by molar-refractivity contribution is 6.34. The summed E-state index contributed by atoms with van der Waals surface area (Å²) in [5, 5.41) is 1.02. The van der Waals surface area contributed by atoms with Gasteiger partial charge in [-0.2, -0.15) is 0 Å². The molecule has 6 heteroatoms. The lowest BCUT2D eigenvalue weighted by Gasteiger charge is -2.04. The fourth-order valence-corrected chi connectivity index (χ4v) is 2.34. The molecule has 0 radical (unpaired) electrons. The van der Waals surface area contributed by atoms with Crippen molar-refractivity contribution in [1.82, 2.24) is 4.98 Å². The van der Waals surface area contributed by atoms with Gasteiger partial charge in [-0.1, -0.05) is 29.3 Å². The maximum Gasteiger partial charge on any atom is 0.233 e. The van der Waals surface area contributed by atoms with E-state index < -0.39 is 0 Å². The molecule has 0 aliphatic carbocycles. The molecule has 0 saturated heterocycles. The van der Waals surface area contributed by atoms with Gasteiger partial charge in [0.25, 0.3) is 0 Å². The summed E-state index contributed by atoms with van der Waals surface area (Å²) in [5.74, 6) is 0.992. The van der Waals surface area contributed by atoms with E-state index in [1.807, 2.05) is 6.07 Å². The number of rotatable bonds is 3. The van der Waals surface area contributed by atoms with Crippen LogP contribution >= 0.6 is 23.2 Å². The molecule has 0 aliphatic heterocycles. The number of aromatic nitrogens is 1. The molecule has 0 fully saturated rings. The van der Waals surface area contributed by atoms with Crippen LogP contribution in [0.2, 0.25) is 10.0 Å². The third-order valence-corrected chi connectivity index (χ3v) is 3.13. The number of oxazole rings is 1. The molecule has 0 bridgehead atoms. The van der Waals surface area contributed by atoms with Crippen LogP contribution in [0.5, 0.6) is 5.75 Å². The van der Waals surface area contributed by atoms with E-state index in [0.29, 0.717) is 38.5 Å². The van der Waals surface area contributed by atoms with Crippen molar-refractivity contribution >= 4 is 40.0 Å². The number of halogens is 2. The monoisotopic (exact) mass is 308 g/mol. The highest BCUT2D eigenvalue weighted by Crippen LogP contribution is 2.26. The molecule has 4 nitrogen and oxygen atoms in total. The maximum absolute atomic E-state index is 5.90. The number of fused-ring (bicyclic) bond motifs is 1. The summed E-state index contributed by atoms with van der Waals surface area (Å²) in [7, 11) is 0. The van der Waals surface area contributed by atoms with Gasteiger partial charge in [0.1, 0.15) is 11.3 Å². The average Bonchev–Trinajstić information content (AvgIpc) is 2.80. The lowest BCUT2D eigenvalue weighted by Crippen LogP contribution is -1.95. The Kier molecular flexibility index (Phi) is 3.42. The molecule has 1 aromatic heterocycles. The van der Waals surface area contributed by atoms with Crippen LogP contribution in [0.3, 0.4) is 0 Å². The zero-order chi connectivity index (χ0) is 14.1. The van der Waals surface area contributed by atoms with Crippen LogP contribution in [0, 0.1) is 0 Å². The summed E-state index contributed by atoms with van der Waals surface area (Å²) in [6, 6.07) is 10.4. The van der Waals surface area contributed by atoms with Crippen LogP contribution < -0.4 is 10.5 Å². The minimum absolute atomic E-state index is 0.171. The fraction of sp³-hybridized carbons (Fsp3) is 0.0714. The Labute approximate surface area is 125 Å². The quantitative estimate of drug-likeness (QED) is 0.733. The summed E-state index contributed by atoms with van der Waals surface area (Å²) in [6.45, 7) is 0.171. The Bertz CT molecular complexity index is 751. The van der Waals surface area contributed by atoms with Crippen LogP contribution in [0.25, 0.3) is 11.1 Å². The standard InChI is InChI=1S/C14H10Cl2N2O2/c15-8-4-9(16)6-10(5-8)19-7-13-18-14-11(17)2-1-3-12(14)20-13/h1-6H,7,17H2. The van der Waals surface area contributed by atoms with Crippen molar-refractivity contribution in [2.45, 2.75) is 6.61 Å². The van der Waals surface area contributed by atoms with Gasteiger partial charge in [-0.15, -0.1) is 0 Å². The maximum atomic E-state index is 5.90. The van der Waals surface area contributed by atoms with Crippen LogP contribution in [0.1, 0.15) is 5.89 Å². The molecule has 3 aromatic rings. The van der Waals surface area contributed by atoms with Crippen molar-refractivity contribution < 1.29 is 9.15 Å². The number of nitrogen functional groups attached to an aromatic ring is 1. The number of hydrogen-bond acceptors (Lipinski definition) is 4. The SMILES string of the molecule is Nc1cccc2oc(COc3cc(Cl)cc(Cl)c3)nc12. The molecule has 20 heavy (non-hydrogen) atoms. The summed E-state index contributed by atoms with van der Waals surface area (Å²) < 4.78 is 11.1. The Hall–Kier alpha value is -1.91. The summed E-state index contributed by atoms with van der Waals surface area (Å²) in [6.07, 6.45) is 0. The molecule has 0 amide bonds. The van der Waals surface area contributed by atoms with Gasteiger partial charge in [0, 0.05) is 10.0 Å². The van der Waals surface area contributed by atoms with Crippen molar-refractivity contribution in [3.05, 3.63) is 52.3 Å². The van der Waals surface area contributed by atoms with Crippen molar-refractivity contribution in [1.29, 1.82) is 0 Å². The molecule has 0 spiro atoms. The number of para-hydroxylation sites is 1. The molecule has 3 rings (SSSR count). The Morgan fingerprint density at radius 2 is 1.90 bits per heavy atom. The van der Waals surface area contributed by atoms with Gasteiger partial charge >= 0.3 is 0 Å². The first-order valence-electron chi connectivity index (χ1n) is 5.84. The first-order chi connectivity index (χ1) is 9.61. The molecule has 2 aromatic carbocycles. The zero-order valence-electron chi connectivity index (χ0n) is 10.3. The van der Waals surface area contributed by atoms with Crippen LogP contribution in [-0.2, 0) is 6.61 Å². The zero-order valence-corrected chi connectivity index (χ0v) is 11.8. The van der Waals surface area contributed by atoms with E-state index in [1.54, 1.807) is 30.3 Å².